The number of hydrogen-bond donors (Lipinski definition) is 1. The standard InChI is InChI=1S/C29H28N2O5/c1-3-30-28(32)25-12-11-23(36-25)18-35-22-10-9-20-13-14-31(29(33)26-8-5-15-34-26)27(24(20)17-22)21-7-4-6-19(2)16-21/h4-12,15-17,27H,3,13-14,18H2,1-2H3,(H,30,32)/t27-/m0/s1. The second kappa shape index (κ2) is 10.2. The van der Waals surface area contributed by atoms with E-state index in [-0.39, 0.29) is 30.2 Å². The van der Waals surface area contributed by atoms with Gasteiger partial charge in [-0.3, -0.25) is 9.59 Å². The Morgan fingerprint density at radius 2 is 1.94 bits per heavy atom. The van der Waals surface area contributed by atoms with E-state index in [1.165, 1.54) is 11.8 Å². The summed E-state index contributed by atoms with van der Waals surface area (Å²) in [6.07, 6.45) is 2.25. The number of rotatable bonds is 7. The third-order valence-electron chi connectivity index (χ3n) is 6.30. The van der Waals surface area contributed by atoms with Crippen molar-refractivity contribution in [3.05, 3.63) is 113 Å². The first-order chi connectivity index (χ1) is 17.5. The number of nitrogens with zero attached hydrogens (tertiary/aromatic N) is 1. The van der Waals surface area contributed by atoms with Crippen LogP contribution in [0.2, 0.25) is 0 Å². The zero-order valence-electron chi connectivity index (χ0n) is 20.3. The van der Waals surface area contributed by atoms with Crippen molar-refractivity contribution in [2.45, 2.75) is 32.9 Å². The van der Waals surface area contributed by atoms with E-state index >= 15 is 0 Å². The lowest BCUT2D eigenvalue weighted by Gasteiger charge is -2.37. The lowest BCUT2D eigenvalue weighted by Crippen LogP contribution is -2.40. The van der Waals surface area contributed by atoms with Crippen LogP contribution in [-0.2, 0) is 13.0 Å². The Morgan fingerprint density at radius 1 is 1.06 bits per heavy atom. The molecule has 0 spiro atoms. The van der Waals surface area contributed by atoms with Crippen LogP contribution in [-0.4, -0.2) is 29.8 Å². The first-order valence-corrected chi connectivity index (χ1v) is 12.1. The van der Waals surface area contributed by atoms with Crippen LogP contribution < -0.4 is 10.1 Å². The fourth-order valence-corrected chi connectivity index (χ4v) is 4.62. The number of carbonyl (C=O) groups is 2. The summed E-state index contributed by atoms with van der Waals surface area (Å²) >= 11 is 0. The minimum absolute atomic E-state index is 0.142. The predicted molar refractivity (Wildman–Crippen MR) is 134 cm³/mol. The fraction of sp³-hybridized carbons (Fsp3) is 0.241. The van der Waals surface area contributed by atoms with Gasteiger partial charge in [-0.15, -0.1) is 0 Å². The first kappa shape index (κ1) is 23.5. The highest BCUT2D eigenvalue weighted by molar-refractivity contribution is 5.92. The molecule has 0 radical (unpaired) electrons. The van der Waals surface area contributed by atoms with Gasteiger partial charge in [-0.1, -0.05) is 35.9 Å². The summed E-state index contributed by atoms with van der Waals surface area (Å²) in [7, 11) is 0. The normalized spacial score (nSPS) is 14.8. The molecule has 7 nitrogen and oxygen atoms in total. The van der Waals surface area contributed by atoms with Crippen LogP contribution in [0.3, 0.4) is 0 Å². The molecule has 1 aliphatic heterocycles. The maximum atomic E-state index is 13.4. The molecule has 1 N–H and O–H groups in total. The molecule has 2 amide bonds. The molecule has 3 heterocycles. The van der Waals surface area contributed by atoms with Crippen LogP contribution in [0.4, 0.5) is 0 Å². The molecule has 2 aromatic heterocycles. The summed E-state index contributed by atoms with van der Waals surface area (Å²) in [5, 5.41) is 2.72. The van der Waals surface area contributed by atoms with E-state index in [0.717, 1.165) is 23.1 Å². The van der Waals surface area contributed by atoms with Gasteiger partial charge in [-0.25, -0.2) is 0 Å². The molecule has 0 saturated carbocycles. The number of fused-ring (bicyclic) bond motifs is 1. The molecule has 4 aromatic rings. The van der Waals surface area contributed by atoms with Crippen LogP contribution in [0.15, 0.2) is 81.8 Å². The van der Waals surface area contributed by atoms with Crippen molar-refractivity contribution in [3.63, 3.8) is 0 Å². The monoisotopic (exact) mass is 484 g/mol. The Labute approximate surface area is 209 Å². The van der Waals surface area contributed by atoms with Crippen molar-refractivity contribution < 1.29 is 23.2 Å². The van der Waals surface area contributed by atoms with E-state index in [0.29, 0.717) is 30.4 Å². The largest absolute Gasteiger partial charge is 0.486 e. The highest BCUT2D eigenvalue weighted by atomic mass is 16.5. The number of furan rings is 2. The van der Waals surface area contributed by atoms with E-state index in [2.05, 4.69) is 23.5 Å². The van der Waals surface area contributed by atoms with E-state index in [1.54, 1.807) is 24.3 Å². The van der Waals surface area contributed by atoms with Gasteiger partial charge in [0.2, 0.25) is 0 Å². The highest BCUT2D eigenvalue weighted by Crippen LogP contribution is 2.38. The third-order valence-corrected chi connectivity index (χ3v) is 6.30. The number of aryl methyl sites for hydroxylation is 1. The average molecular weight is 485 g/mol. The van der Waals surface area contributed by atoms with Crippen molar-refractivity contribution in [2.24, 2.45) is 0 Å². The first-order valence-electron chi connectivity index (χ1n) is 12.1. The molecule has 1 atom stereocenters. The predicted octanol–water partition coefficient (Wildman–Crippen LogP) is 5.30. The van der Waals surface area contributed by atoms with Crippen molar-refractivity contribution in [3.8, 4) is 5.75 Å². The minimum atomic E-state index is -0.275. The van der Waals surface area contributed by atoms with Crippen molar-refractivity contribution in [2.75, 3.05) is 13.1 Å². The maximum absolute atomic E-state index is 13.4. The zero-order valence-corrected chi connectivity index (χ0v) is 20.3. The Bertz CT molecular complexity index is 1370. The Hall–Kier alpha value is -4.26. The number of hydrogen-bond acceptors (Lipinski definition) is 5. The average Bonchev–Trinajstić information content (AvgIpc) is 3.59. The molecular weight excluding hydrogens is 456 g/mol. The van der Waals surface area contributed by atoms with Crippen molar-refractivity contribution in [1.82, 2.24) is 10.2 Å². The Morgan fingerprint density at radius 3 is 2.72 bits per heavy atom. The molecule has 184 valence electrons. The van der Waals surface area contributed by atoms with Gasteiger partial charge in [-0.05, 0) is 73.4 Å². The molecular formula is C29H28N2O5. The maximum Gasteiger partial charge on any atom is 0.290 e. The highest BCUT2D eigenvalue weighted by Gasteiger charge is 2.34. The van der Waals surface area contributed by atoms with E-state index in [4.69, 9.17) is 13.6 Å². The molecule has 5 rings (SSSR count). The summed E-state index contributed by atoms with van der Waals surface area (Å²) in [5.41, 5.74) is 4.35. The van der Waals surface area contributed by atoms with Crippen LogP contribution >= 0.6 is 0 Å². The van der Waals surface area contributed by atoms with E-state index < -0.39 is 0 Å². The van der Waals surface area contributed by atoms with Crippen LogP contribution in [0.25, 0.3) is 0 Å². The summed E-state index contributed by atoms with van der Waals surface area (Å²) in [6, 6.07) is 20.7. The topological polar surface area (TPSA) is 84.9 Å². The van der Waals surface area contributed by atoms with E-state index in [1.807, 2.05) is 43.0 Å². The number of ether oxygens (including phenoxy) is 1. The third kappa shape index (κ3) is 4.77. The lowest BCUT2D eigenvalue weighted by molar-refractivity contribution is 0.0661. The van der Waals surface area contributed by atoms with Gasteiger partial charge >= 0.3 is 0 Å². The van der Waals surface area contributed by atoms with Crippen LogP contribution in [0.5, 0.6) is 5.75 Å². The van der Waals surface area contributed by atoms with Gasteiger partial charge in [0.25, 0.3) is 11.8 Å². The summed E-state index contributed by atoms with van der Waals surface area (Å²) < 4.78 is 17.1. The molecule has 0 saturated heterocycles. The van der Waals surface area contributed by atoms with Gasteiger partial charge in [-0.2, -0.15) is 0 Å². The SMILES string of the molecule is CCNC(=O)c1ccc(COc2ccc3c(c2)[C@H](c2cccc(C)c2)N(C(=O)c2ccco2)CC3)o1. The fourth-order valence-electron chi connectivity index (χ4n) is 4.62. The van der Waals surface area contributed by atoms with Gasteiger partial charge in [0.1, 0.15) is 18.1 Å². The van der Waals surface area contributed by atoms with Crippen LogP contribution in [0.1, 0.15) is 62.1 Å². The van der Waals surface area contributed by atoms with Crippen molar-refractivity contribution in [1.29, 1.82) is 0 Å². The Kier molecular flexibility index (Phi) is 6.62. The summed E-state index contributed by atoms with van der Waals surface area (Å²) in [5.74, 6) is 1.40. The molecule has 7 heteroatoms. The molecule has 0 aliphatic carbocycles. The summed E-state index contributed by atoms with van der Waals surface area (Å²) in [6.45, 7) is 5.20. The Balaban J connectivity index is 1.43. The molecule has 2 aromatic carbocycles. The van der Waals surface area contributed by atoms with Gasteiger partial charge < -0.3 is 23.8 Å². The van der Waals surface area contributed by atoms with Crippen LogP contribution in [0, 0.1) is 6.92 Å². The quantitative estimate of drug-likeness (QED) is 0.385. The number of amides is 2. The van der Waals surface area contributed by atoms with Crippen molar-refractivity contribution >= 4 is 11.8 Å². The smallest absolute Gasteiger partial charge is 0.290 e. The second-order valence-corrected chi connectivity index (χ2v) is 8.82. The zero-order chi connectivity index (χ0) is 25.1. The number of benzene rings is 2. The van der Waals surface area contributed by atoms with Gasteiger partial charge in [0, 0.05) is 13.1 Å². The molecule has 0 bridgehead atoms. The number of carbonyl (C=O) groups excluding carboxylic acids is 2. The molecule has 36 heavy (non-hydrogen) atoms. The number of nitrogens with one attached hydrogen (secondary N) is 1. The minimum Gasteiger partial charge on any atom is -0.486 e. The van der Waals surface area contributed by atoms with Gasteiger partial charge in [0.05, 0.1) is 12.3 Å². The summed E-state index contributed by atoms with van der Waals surface area (Å²) in [4.78, 5) is 27.2. The van der Waals surface area contributed by atoms with E-state index in [9.17, 15) is 9.59 Å². The van der Waals surface area contributed by atoms with Gasteiger partial charge in [0.15, 0.2) is 11.5 Å². The molecule has 1 aliphatic rings. The molecule has 0 unspecified atom stereocenters. The second-order valence-electron chi connectivity index (χ2n) is 8.82. The lowest BCUT2D eigenvalue weighted by atomic mass is 9.87. The molecule has 0 fully saturated rings.